The van der Waals surface area contributed by atoms with Gasteiger partial charge >= 0.3 is 5.97 Å². The molecule has 0 aromatic carbocycles. The van der Waals surface area contributed by atoms with Crippen molar-refractivity contribution in [1.82, 2.24) is 4.67 Å². The Kier molecular flexibility index (Phi) is 4.46. The summed E-state index contributed by atoms with van der Waals surface area (Å²) in [4.78, 5) is 15.1. The Morgan fingerprint density at radius 1 is 1.50 bits per heavy atom. The van der Waals surface area contributed by atoms with E-state index in [2.05, 4.69) is 10.0 Å². The van der Waals surface area contributed by atoms with Crippen LogP contribution in [0.2, 0.25) is 0 Å². The van der Waals surface area contributed by atoms with Crippen molar-refractivity contribution in [2.24, 2.45) is 11.0 Å². The van der Waals surface area contributed by atoms with Gasteiger partial charge in [-0.2, -0.15) is 0 Å². The van der Waals surface area contributed by atoms with E-state index in [0.29, 0.717) is 32.0 Å². The van der Waals surface area contributed by atoms with Gasteiger partial charge in [-0.25, -0.2) is 4.67 Å². The van der Waals surface area contributed by atoms with E-state index < -0.39 is 7.52 Å². The minimum atomic E-state index is -2.74. The molecule has 9 heteroatoms. The van der Waals surface area contributed by atoms with Crippen LogP contribution in [0.15, 0.2) is 5.11 Å². The molecule has 4 heterocycles. The molecule has 4 bridgehead atoms. The lowest BCUT2D eigenvalue weighted by molar-refractivity contribution is -0.159. The molecule has 4 aliphatic heterocycles. The quantitative estimate of drug-likeness (QED) is 0.186. The third-order valence-electron chi connectivity index (χ3n) is 4.81. The van der Waals surface area contributed by atoms with Crippen molar-refractivity contribution < 1.29 is 18.6 Å². The average Bonchev–Trinajstić information content (AvgIpc) is 2.81. The zero-order valence-corrected chi connectivity index (χ0v) is 13.5. The number of unbranched alkanes of at least 4 members (excludes halogenated alkanes) is 1. The van der Waals surface area contributed by atoms with Crippen molar-refractivity contribution in [1.29, 1.82) is 0 Å². The summed E-state index contributed by atoms with van der Waals surface area (Å²) in [5, 5.41) is 3.44. The minimum Gasteiger partial charge on any atom is -0.465 e. The highest BCUT2D eigenvalue weighted by molar-refractivity contribution is 7.55. The Morgan fingerprint density at radius 3 is 3.09 bits per heavy atom. The smallest absolute Gasteiger partial charge is 0.313 e. The normalized spacial score (nSPS) is 42.0. The Hall–Kier alpha value is -1.07. The summed E-state index contributed by atoms with van der Waals surface area (Å²) in [7, 11) is -2.74. The summed E-state index contributed by atoms with van der Waals surface area (Å²) in [6.07, 6.45) is 3.74. The van der Waals surface area contributed by atoms with Gasteiger partial charge in [-0.1, -0.05) is 5.11 Å². The molecule has 0 aromatic heterocycles. The van der Waals surface area contributed by atoms with Crippen molar-refractivity contribution in [3.05, 3.63) is 10.4 Å². The summed E-state index contributed by atoms with van der Waals surface area (Å²) >= 11 is 0. The van der Waals surface area contributed by atoms with Crippen LogP contribution >= 0.6 is 7.52 Å². The van der Waals surface area contributed by atoms with Crippen molar-refractivity contribution >= 4 is 13.5 Å². The van der Waals surface area contributed by atoms with Gasteiger partial charge in [-0.3, -0.25) is 9.36 Å². The predicted molar refractivity (Wildman–Crippen MR) is 79.4 cm³/mol. The molecule has 0 radical (unpaired) electrons. The van der Waals surface area contributed by atoms with Crippen LogP contribution in [0.25, 0.3) is 10.4 Å². The molecule has 4 fully saturated rings. The van der Waals surface area contributed by atoms with Crippen molar-refractivity contribution in [3.63, 3.8) is 0 Å². The molecule has 0 amide bonds. The maximum absolute atomic E-state index is 12.5. The molecule has 8 nitrogen and oxygen atoms in total. The van der Waals surface area contributed by atoms with Crippen molar-refractivity contribution in [2.75, 3.05) is 19.8 Å². The van der Waals surface area contributed by atoms with Crippen LogP contribution in [0.1, 0.15) is 32.1 Å². The molecule has 0 aliphatic carbocycles. The van der Waals surface area contributed by atoms with Crippen LogP contribution in [0, 0.1) is 5.92 Å². The van der Waals surface area contributed by atoms with Gasteiger partial charge in [-0.05, 0) is 37.6 Å². The fraction of sp³-hybridized carbons (Fsp3) is 0.923. The number of esters is 1. The van der Waals surface area contributed by atoms with E-state index in [9.17, 15) is 9.36 Å². The lowest BCUT2D eigenvalue weighted by atomic mass is 9.89. The van der Waals surface area contributed by atoms with Gasteiger partial charge in [0.1, 0.15) is 0 Å². The first-order chi connectivity index (χ1) is 10.5. The molecule has 122 valence electrons. The van der Waals surface area contributed by atoms with Crippen LogP contribution in [-0.4, -0.2) is 48.6 Å². The molecule has 6 atom stereocenters. The lowest BCUT2D eigenvalue weighted by Crippen LogP contribution is -2.57. The third-order valence-corrected chi connectivity index (χ3v) is 6.94. The molecule has 4 aliphatic rings. The zero-order chi connectivity index (χ0) is 15.7. The second-order valence-electron chi connectivity index (χ2n) is 6.22. The molecular formula is C13H21N4O4P. The van der Waals surface area contributed by atoms with E-state index in [1.54, 1.807) is 6.66 Å². The SMILES string of the molecule is C[P@]1(=O)OC2CC3CCC(C2C(=O)OCCCCN=[N+]=[N-])N31. The number of fused-ring (bicyclic) bond motifs is 1. The monoisotopic (exact) mass is 328 g/mol. The molecule has 0 N–H and O–H groups in total. The second kappa shape index (κ2) is 6.20. The zero-order valence-electron chi connectivity index (χ0n) is 12.6. The summed E-state index contributed by atoms with van der Waals surface area (Å²) in [6, 6.07) is 0.302. The van der Waals surface area contributed by atoms with E-state index in [1.165, 1.54) is 0 Å². The summed E-state index contributed by atoms with van der Waals surface area (Å²) < 4.78 is 25.5. The Labute approximate surface area is 129 Å². The molecule has 0 aromatic rings. The van der Waals surface area contributed by atoms with Gasteiger partial charge in [0.25, 0.3) is 7.52 Å². The van der Waals surface area contributed by atoms with Crippen LogP contribution in [0.3, 0.4) is 0 Å². The first-order valence-corrected chi connectivity index (χ1v) is 9.79. The molecular weight excluding hydrogens is 307 g/mol. The minimum absolute atomic E-state index is 0.00372. The van der Waals surface area contributed by atoms with Gasteiger partial charge in [0.05, 0.1) is 18.6 Å². The molecule has 0 saturated carbocycles. The van der Waals surface area contributed by atoms with Gasteiger partial charge in [-0.15, -0.1) is 0 Å². The average molecular weight is 328 g/mol. The number of carbonyl (C=O) groups excluding carboxylic acids is 1. The molecule has 4 saturated heterocycles. The van der Waals surface area contributed by atoms with E-state index in [4.69, 9.17) is 14.8 Å². The number of azide groups is 1. The first kappa shape index (κ1) is 15.8. The second-order valence-corrected chi connectivity index (χ2v) is 8.49. The summed E-state index contributed by atoms with van der Waals surface area (Å²) in [5.41, 5.74) is 8.18. The number of hydrogen-bond donors (Lipinski definition) is 0. The number of nitrogens with zero attached hydrogens (tertiary/aromatic N) is 4. The number of hydrogen-bond acceptors (Lipinski definition) is 5. The van der Waals surface area contributed by atoms with E-state index in [1.807, 2.05) is 4.67 Å². The third kappa shape index (κ3) is 2.76. The highest BCUT2D eigenvalue weighted by Crippen LogP contribution is 2.65. The Bertz CT molecular complexity index is 550. The van der Waals surface area contributed by atoms with E-state index in [-0.39, 0.29) is 24.0 Å². The topological polar surface area (TPSA) is 105 Å². The fourth-order valence-electron chi connectivity index (χ4n) is 4.02. The van der Waals surface area contributed by atoms with Crippen LogP contribution in [0.4, 0.5) is 0 Å². The highest BCUT2D eigenvalue weighted by atomic mass is 31.2. The standard InChI is InChI=1S/C13H21N4O4P/c1-22(19)17-9-4-5-10(17)12(11(8-9)21-22)13(18)20-7-3-2-6-15-16-14/h9-12H,2-8H2,1H3/t9?,10?,11?,12?,22-/m0/s1. The summed E-state index contributed by atoms with van der Waals surface area (Å²) in [6.45, 7) is 2.39. The first-order valence-electron chi connectivity index (χ1n) is 7.77. The van der Waals surface area contributed by atoms with Crippen LogP contribution in [-0.2, 0) is 18.6 Å². The summed E-state index contributed by atoms with van der Waals surface area (Å²) in [5.74, 6) is -0.568. The predicted octanol–water partition coefficient (Wildman–Crippen LogP) is 2.69. The van der Waals surface area contributed by atoms with E-state index >= 15 is 0 Å². The van der Waals surface area contributed by atoms with Gasteiger partial charge in [0.15, 0.2) is 0 Å². The Morgan fingerprint density at radius 2 is 2.32 bits per heavy atom. The maximum atomic E-state index is 12.5. The number of rotatable bonds is 6. The number of piperidine rings is 1. The number of carbonyl (C=O) groups is 1. The van der Waals surface area contributed by atoms with Gasteiger partial charge in [0.2, 0.25) is 0 Å². The maximum Gasteiger partial charge on any atom is 0.313 e. The van der Waals surface area contributed by atoms with Crippen LogP contribution in [0.5, 0.6) is 0 Å². The molecule has 22 heavy (non-hydrogen) atoms. The van der Waals surface area contributed by atoms with E-state index in [0.717, 1.165) is 19.3 Å². The fourth-order valence-corrected chi connectivity index (χ4v) is 6.45. The Balaban J connectivity index is 1.55. The lowest BCUT2D eigenvalue weighted by Gasteiger charge is -2.51. The highest BCUT2D eigenvalue weighted by Gasteiger charge is 2.61. The van der Waals surface area contributed by atoms with Gasteiger partial charge in [0, 0.05) is 30.2 Å². The van der Waals surface area contributed by atoms with Crippen molar-refractivity contribution in [3.8, 4) is 0 Å². The van der Waals surface area contributed by atoms with Crippen LogP contribution < -0.4 is 0 Å². The largest absolute Gasteiger partial charge is 0.465 e. The molecule has 4 rings (SSSR count). The van der Waals surface area contributed by atoms with Gasteiger partial charge < -0.3 is 9.26 Å². The molecule has 0 spiro atoms. The number of ether oxygens (including phenoxy) is 1. The molecule has 5 unspecified atom stereocenters. The van der Waals surface area contributed by atoms with Crippen molar-refractivity contribution in [2.45, 2.75) is 50.3 Å².